The van der Waals surface area contributed by atoms with Gasteiger partial charge < -0.3 is 20.2 Å². The van der Waals surface area contributed by atoms with E-state index in [1.165, 1.54) is 5.01 Å². The molecule has 2 atom stereocenters. The number of phenolic OH excluding ortho intramolecular Hbond substituents is 1. The molecule has 0 spiro atoms. The van der Waals surface area contributed by atoms with Gasteiger partial charge in [-0.1, -0.05) is 72.3 Å². The zero-order valence-electron chi connectivity index (χ0n) is 22.2. The van der Waals surface area contributed by atoms with E-state index in [9.17, 15) is 19.5 Å². The monoisotopic (exact) mass is 527 g/mol. The Hall–Kier alpha value is -4.37. The number of phenols is 1. The van der Waals surface area contributed by atoms with Gasteiger partial charge in [-0.2, -0.15) is 5.01 Å². The predicted octanol–water partition coefficient (Wildman–Crippen LogP) is 2.88. The SMILES string of the molecule is Cc1cccc(CN2C[C@H]3N(C(=O)CN3N(C)C(=O)NCc3ccccc3)[C@@H](Cc3ccc(O)cc3)C2=O)c1. The van der Waals surface area contributed by atoms with Crippen molar-refractivity contribution < 1.29 is 19.5 Å². The van der Waals surface area contributed by atoms with Crippen LogP contribution in [0.3, 0.4) is 0 Å². The highest BCUT2D eigenvalue weighted by molar-refractivity contribution is 5.91. The third kappa shape index (κ3) is 5.73. The minimum atomic E-state index is -0.726. The van der Waals surface area contributed by atoms with E-state index < -0.39 is 12.2 Å². The van der Waals surface area contributed by atoms with E-state index in [0.29, 0.717) is 19.5 Å². The fourth-order valence-corrected chi connectivity index (χ4v) is 5.34. The van der Waals surface area contributed by atoms with Gasteiger partial charge in [0.15, 0.2) is 0 Å². The van der Waals surface area contributed by atoms with Crippen LogP contribution in [0.15, 0.2) is 78.9 Å². The highest BCUT2D eigenvalue weighted by Gasteiger charge is 2.51. The van der Waals surface area contributed by atoms with Crippen LogP contribution in [0.4, 0.5) is 4.79 Å². The summed E-state index contributed by atoms with van der Waals surface area (Å²) in [5.74, 6) is -0.193. The van der Waals surface area contributed by atoms with Gasteiger partial charge in [0, 0.05) is 26.6 Å². The second-order valence-electron chi connectivity index (χ2n) is 10.1. The number of fused-ring (bicyclic) bond motifs is 1. The Morgan fingerprint density at radius 1 is 0.974 bits per heavy atom. The molecule has 0 bridgehead atoms. The van der Waals surface area contributed by atoms with Gasteiger partial charge in [-0.3, -0.25) is 14.6 Å². The zero-order valence-corrected chi connectivity index (χ0v) is 22.2. The van der Waals surface area contributed by atoms with Gasteiger partial charge in [-0.05, 0) is 35.7 Å². The molecule has 9 nitrogen and oxygen atoms in total. The largest absolute Gasteiger partial charge is 0.508 e. The second kappa shape index (κ2) is 11.2. The first-order valence-electron chi connectivity index (χ1n) is 13.1. The minimum Gasteiger partial charge on any atom is -0.508 e. The number of carbonyl (C=O) groups is 3. The van der Waals surface area contributed by atoms with Gasteiger partial charge in [0.1, 0.15) is 18.0 Å². The van der Waals surface area contributed by atoms with E-state index in [1.54, 1.807) is 46.1 Å². The Morgan fingerprint density at radius 3 is 2.41 bits per heavy atom. The molecule has 0 aromatic heterocycles. The molecule has 202 valence electrons. The molecule has 2 N–H and O–H groups in total. The molecule has 0 unspecified atom stereocenters. The lowest BCUT2D eigenvalue weighted by molar-refractivity contribution is -0.157. The van der Waals surface area contributed by atoms with Crippen molar-refractivity contribution in [2.24, 2.45) is 0 Å². The Balaban J connectivity index is 1.39. The molecule has 4 amide bonds. The summed E-state index contributed by atoms with van der Waals surface area (Å²) >= 11 is 0. The van der Waals surface area contributed by atoms with E-state index in [1.807, 2.05) is 55.5 Å². The molecule has 2 heterocycles. The average Bonchev–Trinajstić information content (AvgIpc) is 3.26. The van der Waals surface area contributed by atoms with Gasteiger partial charge in [0.2, 0.25) is 11.8 Å². The number of piperazine rings is 1. The number of rotatable bonds is 7. The summed E-state index contributed by atoms with van der Waals surface area (Å²) in [6.45, 7) is 3.06. The van der Waals surface area contributed by atoms with Crippen molar-refractivity contribution in [1.29, 1.82) is 0 Å². The van der Waals surface area contributed by atoms with E-state index >= 15 is 0 Å². The molecule has 3 aromatic rings. The lowest BCUT2D eigenvalue weighted by atomic mass is 9.99. The van der Waals surface area contributed by atoms with Crippen LogP contribution in [0.25, 0.3) is 0 Å². The quantitative estimate of drug-likeness (QED) is 0.493. The van der Waals surface area contributed by atoms with Crippen LogP contribution >= 0.6 is 0 Å². The third-order valence-corrected chi connectivity index (χ3v) is 7.35. The van der Waals surface area contributed by atoms with Crippen molar-refractivity contribution in [3.63, 3.8) is 0 Å². The van der Waals surface area contributed by atoms with Crippen molar-refractivity contribution >= 4 is 17.8 Å². The van der Waals surface area contributed by atoms with Crippen molar-refractivity contribution in [1.82, 2.24) is 25.1 Å². The molecule has 3 aromatic carbocycles. The number of aryl methyl sites for hydroxylation is 1. The lowest BCUT2D eigenvalue weighted by Gasteiger charge is -2.45. The van der Waals surface area contributed by atoms with E-state index in [4.69, 9.17) is 0 Å². The van der Waals surface area contributed by atoms with Gasteiger partial charge in [0.05, 0.1) is 13.1 Å². The highest BCUT2D eigenvalue weighted by Crippen LogP contribution is 2.30. The number of hydrogen-bond donors (Lipinski definition) is 2. The van der Waals surface area contributed by atoms with Crippen molar-refractivity contribution in [2.45, 2.75) is 38.6 Å². The molecule has 2 saturated heterocycles. The molecule has 2 aliphatic rings. The van der Waals surface area contributed by atoms with Crippen molar-refractivity contribution in [3.8, 4) is 5.75 Å². The average molecular weight is 528 g/mol. The van der Waals surface area contributed by atoms with E-state index in [-0.39, 0.29) is 36.7 Å². The van der Waals surface area contributed by atoms with Gasteiger partial charge >= 0.3 is 6.03 Å². The van der Waals surface area contributed by atoms with Gasteiger partial charge in [0.25, 0.3) is 0 Å². The van der Waals surface area contributed by atoms with Crippen LogP contribution in [-0.4, -0.2) is 75.1 Å². The fraction of sp³-hybridized carbons (Fsp3) is 0.300. The topological polar surface area (TPSA) is 96.4 Å². The summed E-state index contributed by atoms with van der Waals surface area (Å²) in [6.07, 6.45) is -0.182. The number of amides is 4. The minimum absolute atomic E-state index is 0.00241. The number of aromatic hydroxyl groups is 1. The van der Waals surface area contributed by atoms with Crippen molar-refractivity contribution in [3.05, 3.63) is 101 Å². The van der Waals surface area contributed by atoms with Gasteiger partial charge in [-0.15, -0.1) is 0 Å². The van der Waals surface area contributed by atoms with Crippen molar-refractivity contribution in [2.75, 3.05) is 20.1 Å². The Morgan fingerprint density at radius 2 is 1.69 bits per heavy atom. The summed E-state index contributed by atoms with van der Waals surface area (Å²) < 4.78 is 0. The first kappa shape index (κ1) is 26.2. The molecule has 9 heteroatoms. The van der Waals surface area contributed by atoms with E-state index in [0.717, 1.165) is 22.3 Å². The molecule has 0 aliphatic carbocycles. The lowest BCUT2D eigenvalue weighted by Crippen LogP contribution is -2.65. The van der Waals surface area contributed by atoms with Crippen LogP contribution in [0.5, 0.6) is 5.75 Å². The summed E-state index contributed by atoms with van der Waals surface area (Å²) in [4.78, 5) is 43.7. The standard InChI is InChI=1S/C30H33N5O4/c1-21-7-6-10-24(15-21)18-33-19-27-34(32(2)30(39)31-17-23-8-4-3-5-9-23)20-28(37)35(27)26(29(33)38)16-22-11-13-25(36)14-12-22/h3-15,26-27,36H,16-20H2,1-2H3,(H,31,39)/t26-,27+/m0/s1. The van der Waals surface area contributed by atoms with Crippen LogP contribution in [0, 0.1) is 6.92 Å². The summed E-state index contributed by atoms with van der Waals surface area (Å²) in [5, 5.41) is 15.8. The smallest absolute Gasteiger partial charge is 0.332 e. The van der Waals surface area contributed by atoms with Crippen LogP contribution in [0.2, 0.25) is 0 Å². The number of benzene rings is 3. The maximum atomic E-state index is 13.8. The maximum Gasteiger partial charge on any atom is 0.332 e. The third-order valence-electron chi connectivity index (χ3n) is 7.35. The number of urea groups is 1. The highest BCUT2D eigenvalue weighted by atomic mass is 16.3. The number of hydrazine groups is 1. The molecule has 5 rings (SSSR count). The zero-order chi connectivity index (χ0) is 27.5. The molecule has 2 fully saturated rings. The first-order chi connectivity index (χ1) is 18.8. The van der Waals surface area contributed by atoms with Crippen LogP contribution in [-0.2, 0) is 29.1 Å². The molecular formula is C30H33N5O4. The Bertz CT molecular complexity index is 1350. The summed E-state index contributed by atoms with van der Waals surface area (Å²) in [5.41, 5.74) is 3.92. The number of nitrogens with one attached hydrogen (secondary N) is 1. The molecule has 39 heavy (non-hydrogen) atoms. The predicted molar refractivity (Wildman–Crippen MR) is 146 cm³/mol. The Kier molecular flexibility index (Phi) is 7.51. The summed E-state index contributed by atoms with van der Waals surface area (Å²) in [7, 11) is 1.65. The fourth-order valence-electron chi connectivity index (χ4n) is 5.34. The molecular weight excluding hydrogens is 494 g/mol. The van der Waals surface area contributed by atoms with E-state index in [2.05, 4.69) is 11.4 Å². The molecule has 2 aliphatic heterocycles. The molecule has 0 saturated carbocycles. The van der Waals surface area contributed by atoms with Crippen LogP contribution < -0.4 is 5.32 Å². The number of nitrogens with zero attached hydrogens (tertiary/aromatic N) is 4. The normalized spacial score (nSPS) is 19.2. The molecule has 0 radical (unpaired) electrons. The maximum absolute atomic E-state index is 13.8. The van der Waals surface area contributed by atoms with Crippen LogP contribution in [0.1, 0.15) is 22.3 Å². The Labute approximate surface area is 228 Å². The number of carbonyl (C=O) groups excluding carboxylic acids is 3. The first-order valence-corrected chi connectivity index (χ1v) is 13.1. The number of hydrogen-bond acceptors (Lipinski definition) is 5. The summed E-state index contributed by atoms with van der Waals surface area (Å²) in [6, 6.07) is 23.3. The van der Waals surface area contributed by atoms with Gasteiger partial charge in [-0.25, -0.2) is 4.79 Å². The second-order valence-corrected chi connectivity index (χ2v) is 10.1.